The van der Waals surface area contributed by atoms with Gasteiger partial charge in [0, 0.05) is 5.02 Å². The molecule has 2 nitrogen and oxygen atoms in total. The molecule has 2 rings (SSSR count). The van der Waals surface area contributed by atoms with E-state index >= 15 is 0 Å². The Balaban J connectivity index is 2.46. The molecule has 0 atom stereocenters. The second-order valence-electron chi connectivity index (χ2n) is 3.78. The molecule has 0 fully saturated rings. The molecule has 0 saturated heterocycles. The standard InChI is InChI=1S/C15H11ClO2/c16-13-8-4-5-11(9-13)10-14(15(17)18)12-6-2-1-3-7-12/h1-10H,(H,17,18)/b14-10+. The summed E-state index contributed by atoms with van der Waals surface area (Å²) in [4.78, 5) is 11.3. The third-order valence-corrected chi connectivity index (χ3v) is 2.71. The Hall–Kier alpha value is -2.06. The fourth-order valence-electron chi connectivity index (χ4n) is 1.65. The highest BCUT2D eigenvalue weighted by Gasteiger charge is 2.09. The summed E-state index contributed by atoms with van der Waals surface area (Å²) in [5.41, 5.74) is 1.69. The van der Waals surface area contributed by atoms with Crippen molar-refractivity contribution in [1.29, 1.82) is 0 Å². The van der Waals surface area contributed by atoms with Crippen LogP contribution in [0.15, 0.2) is 54.6 Å². The SMILES string of the molecule is O=C(O)/C(=C/c1cccc(Cl)c1)c1ccccc1. The minimum Gasteiger partial charge on any atom is -0.478 e. The Labute approximate surface area is 110 Å². The minimum absolute atomic E-state index is 0.248. The summed E-state index contributed by atoms with van der Waals surface area (Å²) in [5.74, 6) is -0.957. The molecule has 0 amide bonds. The van der Waals surface area contributed by atoms with Gasteiger partial charge in [0.05, 0.1) is 5.57 Å². The highest BCUT2D eigenvalue weighted by atomic mass is 35.5. The van der Waals surface area contributed by atoms with E-state index in [0.717, 1.165) is 5.56 Å². The van der Waals surface area contributed by atoms with Crippen molar-refractivity contribution in [3.05, 3.63) is 70.7 Å². The van der Waals surface area contributed by atoms with E-state index < -0.39 is 5.97 Å². The lowest BCUT2D eigenvalue weighted by molar-refractivity contribution is -0.130. The van der Waals surface area contributed by atoms with E-state index in [1.807, 2.05) is 24.3 Å². The van der Waals surface area contributed by atoms with E-state index in [0.29, 0.717) is 10.6 Å². The van der Waals surface area contributed by atoms with Crippen LogP contribution < -0.4 is 0 Å². The molecule has 0 spiro atoms. The topological polar surface area (TPSA) is 37.3 Å². The molecule has 90 valence electrons. The summed E-state index contributed by atoms with van der Waals surface area (Å²) in [6, 6.07) is 16.1. The van der Waals surface area contributed by atoms with Crippen LogP contribution in [0, 0.1) is 0 Å². The second kappa shape index (κ2) is 5.52. The largest absolute Gasteiger partial charge is 0.478 e. The lowest BCUT2D eigenvalue weighted by Gasteiger charge is -2.03. The summed E-state index contributed by atoms with van der Waals surface area (Å²) in [7, 11) is 0. The van der Waals surface area contributed by atoms with Gasteiger partial charge in [-0.05, 0) is 29.3 Å². The van der Waals surface area contributed by atoms with Gasteiger partial charge in [0.1, 0.15) is 0 Å². The maximum absolute atomic E-state index is 11.3. The summed E-state index contributed by atoms with van der Waals surface area (Å²) in [5, 5.41) is 9.84. The van der Waals surface area contributed by atoms with E-state index in [4.69, 9.17) is 11.6 Å². The molecule has 0 saturated carbocycles. The van der Waals surface area contributed by atoms with Crippen LogP contribution in [-0.2, 0) is 4.79 Å². The smallest absolute Gasteiger partial charge is 0.336 e. The molecular weight excluding hydrogens is 248 g/mol. The average Bonchev–Trinajstić information content (AvgIpc) is 2.37. The van der Waals surface area contributed by atoms with Crippen LogP contribution in [0.5, 0.6) is 0 Å². The number of hydrogen-bond acceptors (Lipinski definition) is 1. The number of carboxylic acid groups (broad SMARTS) is 1. The Kier molecular flexibility index (Phi) is 3.80. The van der Waals surface area contributed by atoms with Crippen molar-refractivity contribution in [3.8, 4) is 0 Å². The lowest BCUT2D eigenvalue weighted by atomic mass is 10.0. The third-order valence-electron chi connectivity index (χ3n) is 2.47. The first-order chi connectivity index (χ1) is 8.66. The Morgan fingerprint density at radius 3 is 2.39 bits per heavy atom. The summed E-state index contributed by atoms with van der Waals surface area (Å²) in [6.45, 7) is 0. The first kappa shape index (κ1) is 12.4. The van der Waals surface area contributed by atoms with E-state index in [-0.39, 0.29) is 5.57 Å². The molecule has 0 unspecified atom stereocenters. The third kappa shape index (κ3) is 2.99. The maximum atomic E-state index is 11.3. The van der Waals surface area contributed by atoms with Gasteiger partial charge in [-0.15, -0.1) is 0 Å². The van der Waals surface area contributed by atoms with Crippen molar-refractivity contribution in [2.24, 2.45) is 0 Å². The van der Waals surface area contributed by atoms with E-state index in [1.165, 1.54) is 0 Å². The monoisotopic (exact) mass is 258 g/mol. The first-order valence-corrected chi connectivity index (χ1v) is 5.80. The zero-order chi connectivity index (χ0) is 13.0. The van der Waals surface area contributed by atoms with Gasteiger partial charge < -0.3 is 5.11 Å². The lowest BCUT2D eigenvalue weighted by Crippen LogP contribution is -1.99. The van der Waals surface area contributed by atoms with Gasteiger partial charge in [-0.3, -0.25) is 0 Å². The zero-order valence-corrected chi connectivity index (χ0v) is 10.3. The first-order valence-electron chi connectivity index (χ1n) is 5.43. The Morgan fingerprint density at radius 2 is 1.78 bits per heavy atom. The van der Waals surface area contributed by atoms with Crippen molar-refractivity contribution in [3.63, 3.8) is 0 Å². The molecular formula is C15H11ClO2. The van der Waals surface area contributed by atoms with E-state index in [1.54, 1.807) is 36.4 Å². The maximum Gasteiger partial charge on any atom is 0.336 e. The van der Waals surface area contributed by atoms with Crippen molar-refractivity contribution in [1.82, 2.24) is 0 Å². The highest BCUT2D eigenvalue weighted by Crippen LogP contribution is 2.20. The number of carboxylic acids is 1. The summed E-state index contributed by atoms with van der Waals surface area (Å²) in [6.07, 6.45) is 1.61. The number of aliphatic carboxylic acids is 1. The van der Waals surface area contributed by atoms with Crippen LogP contribution in [0.4, 0.5) is 0 Å². The van der Waals surface area contributed by atoms with Gasteiger partial charge in [-0.2, -0.15) is 0 Å². The Morgan fingerprint density at radius 1 is 1.06 bits per heavy atom. The molecule has 18 heavy (non-hydrogen) atoms. The predicted molar refractivity (Wildman–Crippen MR) is 73.4 cm³/mol. The molecule has 2 aromatic rings. The van der Waals surface area contributed by atoms with Gasteiger partial charge in [-0.25, -0.2) is 4.79 Å². The number of hydrogen-bond donors (Lipinski definition) is 1. The minimum atomic E-state index is -0.957. The summed E-state index contributed by atoms with van der Waals surface area (Å²) >= 11 is 5.88. The highest BCUT2D eigenvalue weighted by molar-refractivity contribution is 6.30. The van der Waals surface area contributed by atoms with Crippen molar-refractivity contribution >= 4 is 29.2 Å². The average molecular weight is 259 g/mol. The molecule has 0 aromatic heterocycles. The van der Waals surface area contributed by atoms with Gasteiger partial charge in [0.2, 0.25) is 0 Å². The van der Waals surface area contributed by atoms with Crippen LogP contribution in [0.2, 0.25) is 5.02 Å². The van der Waals surface area contributed by atoms with Crippen molar-refractivity contribution in [2.75, 3.05) is 0 Å². The quantitative estimate of drug-likeness (QED) is 0.668. The molecule has 0 aliphatic heterocycles. The van der Waals surface area contributed by atoms with Gasteiger partial charge in [0.15, 0.2) is 0 Å². The molecule has 3 heteroatoms. The second-order valence-corrected chi connectivity index (χ2v) is 4.22. The van der Waals surface area contributed by atoms with Gasteiger partial charge in [0.25, 0.3) is 0 Å². The summed E-state index contributed by atoms with van der Waals surface area (Å²) < 4.78 is 0. The van der Waals surface area contributed by atoms with E-state index in [9.17, 15) is 9.90 Å². The van der Waals surface area contributed by atoms with Crippen LogP contribution in [0.25, 0.3) is 11.6 Å². The zero-order valence-electron chi connectivity index (χ0n) is 9.51. The van der Waals surface area contributed by atoms with Crippen LogP contribution >= 0.6 is 11.6 Å². The molecule has 0 bridgehead atoms. The van der Waals surface area contributed by atoms with Crippen molar-refractivity contribution < 1.29 is 9.90 Å². The van der Waals surface area contributed by atoms with Crippen LogP contribution in [0.3, 0.4) is 0 Å². The van der Waals surface area contributed by atoms with Crippen molar-refractivity contribution in [2.45, 2.75) is 0 Å². The fraction of sp³-hybridized carbons (Fsp3) is 0. The van der Waals surface area contributed by atoms with E-state index in [2.05, 4.69) is 0 Å². The van der Waals surface area contributed by atoms with Crippen LogP contribution in [0.1, 0.15) is 11.1 Å². The number of benzene rings is 2. The molecule has 0 aliphatic carbocycles. The van der Waals surface area contributed by atoms with Gasteiger partial charge >= 0.3 is 5.97 Å². The number of rotatable bonds is 3. The number of halogens is 1. The normalized spacial score (nSPS) is 11.3. The fourth-order valence-corrected chi connectivity index (χ4v) is 1.85. The molecule has 2 aromatic carbocycles. The number of carbonyl (C=O) groups is 1. The molecule has 0 heterocycles. The molecule has 1 N–H and O–H groups in total. The molecule has 0 radical (unpaired) electrons. The predicted octanol–water partition coefficient (Wildman–Crippen LogP) is 3.97. The molecule has 0 aliphatic rings. The van der Waals surface area contributed by atoms with Gasteiger partial charge in [-0.1, -0.05) is 54.1 Å². The van der Waals surface area contributed by atoms with Crippen LogP contribution in [-0.4, -0.2) is 11.1 Å². The Bertz CT molecular complexity index is 588.